The molecule has 1 fully saturated rings. The van der Waals surface area contributed by atoms with Crippen molar-refractivity contribution in [3.05, 3.63) is 35.9 Å². The fraction of sp³-hybridized carbons (Fsp3) is 0.412. The average molecular weight is 374 g/mol. The highest BCUT2D eigenvalue weighted by molar-refractivity contribution is 8.01. The van der Waals surface area contributed by atoms with E-state index in [2.05, 4.69) is 26.9 Å². The summed E-state index contributed by atoms with van der Waals surface area (Å²) in [4.78, 5) is 12.1. The zero-order valence-corrected chi connectivity index (χ0v) is 15.5. The van der Waals surface area contributed by atoms with E-state index < -0.39 is 5.54 Å². The van der Waals surface area contributed by atoms with Crippen molar-refractivity contribution < 1.29 is 4.79 Å². The number of rotatable bonds is 8. The first-order valence-corrected chi connectivity index (χ1v) is 9.85. The Balaban J connectivity index is 1.45. The highest BCUT2D eigenvalue weighted by Gasteiger charge is 2.42. The summed E-state index contributed by atoms with van der Waals surface area (Å²) in [5.74, 6) is 0.369. The molecule has 2 N–H and O–H groups in total. The number of thioether (sulfide) groups is 1. The van der Waals surface area contributed by atoms with Gasteiger partial charge in [0.05, 0.1) is 11.8 Å². The Bertz CT molecular complexity index is 769. The molecule has 2 aromatic rings. The van der Waals surface area contributed by atoms with Crippen LogP contribution in [0.1, 0.15) is 25.3 Å². The van der Waals surface area contributed by atoms with Crippen LogP contribution in [0.2, 0.25) is 0 Å². The molecule has 1 unspecified atom stereocenters. The van der Waals surface area contributed by atoms with E-state index in [1.807, 2.05) is 30.3 Å². The van der Waals surface area contributed by atoms with Gasteiger partial charge in [0.15, 0.2) is 4.34 Å². The van der Waals surface area contributed by atoms with Crippen molar-refractivity contribution in [3.8, 4) is 6.07 Å². The molecule has 0 radical (unpaired) electrons. The van der Waals surface area contributed by atoms with Crippen LogP contribution >= 0.6 is 23.1 Å². The van der Waals surface area contributed by atoms with Crippen LogP contribution in [-0.4, -0.2) is 27.4 Å². The quantitative estimate of drug-likeness (QED) is 0.691. The van der Waals surface area contributed by atoms with Gasteiger partial charge in [-0.15, -0.1) is 10.2 Å². The normalized spacial score (nSPS) is 15.8. The van der Waals surface area contributed by atoms with E-state index >= 15 is 0 Å². The van der Waals surface area contributed by atoms with Crippen molar-refractivity contribution >= 4 is 34.1 Å². The van der Waals surface area contributed by atoms with E-state index in [0.29, 0.717) is 6.54 Å². The lowest BCUT2D eigenvalue weighted by atomic mass is 9.98. The minimum Gasteiger partial charge on any atom is -0.356 e. The van der Waals surface area contributed by atoms with E-state index in [9.17, 15) is 10.1 Å². The van der Waals surface area contributed by atoms with Gasteiger partial charge in [-0.1, -0.05) is 53.4 Å². The molecule has 1 amide bonds. The molecule has 1 aromatic heterocycles. The number of amides is 1. The molecular weight excluding hydrogens is 354 g/mol. The maximum atomic E-state index is 12.1. The topological polar surface area (TPSA) is 90.7 Å². The summed E-state index contributed by atoms with van der Waals surface area (Å²) in [6, 6.07) is 12.3. The third-order valence-electron chi connectivity index (χ3n) is 4.04. The molecule has 8 heteroatoms. The predicted molar refractivity (Wildman–Crippen MR) is 99.3 cm³/mol. The molecule has 3 rings (SSSR count). The second kappa shape index (κ2) is 7.85. The number of hydrogen-bond acceptors (Lipinski definition) is 7. The van der Waals surface area contributed by atoms with Crippen molar-refractivity contribution in [1.82, 2.24) is 15.5 Å². The molecule has 130 valence electrons. The lowest BCUT2D eigenvalue weighted by molar-refractivity contribution is -0.119. The first-order chi connectivity index (χ1) is 12.1. The molecule has 1 atom stereocenters. The van der Waals surface area contributed by atoms with Gasteiger partial charge in [0, 0.05) is 6.54 Å². The Kier molecular flexibility index (Phi) is 5.56. The SMILES string of the molecule is CC(C#N)(NC(=O)CSc1nnc(NCc2ccccc2)s1)C1CC1. The molecule has 0 spiro atoms. The molecule has 1 saturated carbocycles. The number of anilines is 1. The van der Waals surface area contributed by atoms with E-state index in [-0.39, 0.29) is 17.6 Å². The maximum Gasteiger partial charge on any atom is 0.231 e. The Labute approximate surface area is 155 Å². The number of benzene rings is 1. The standard InChI is InChI=1S/C17H19N5OS2/c1-17(11-18,13-7-8-13)20-14(23)10-24-16-22-21-15(25-16)19-9-12-5-3-2-4-6-12/h2-6,13H,7-10H2,1H3,(H,19,21)(H,20,23). The third-order valence-corrected chi connectivity index (χ3v) is 6.06. The van der Waals surface area contributed by atoms with Crippen LogP contribution in [0.15, 0.2) is 34.7 Å². The fourth-order valence-corrected chi connectivity index (χ4v) is 4.00. The zero-order chi connectivity index (χ0) is 17.7. The number of aromatic nitrogens is 2. The lowest BCUT2D eigenvalue weighted by Gasteiger charge is -2.22. The number of nitriles is 1. The molecule has 25 heavy (non-hydrogen) atoms. The van der Waals surface area contributed by atoms with Gasteiger partial charge < -0.3 is 10.6 Å². The Hall–Kier alpha value is -2.11. The average Bonchev–Trinajstić information content (AvgIpc) is 3.39. The van der Waals surface area contributed by atoms with Crippen molar-refractivity contribution in [2.24, 2.45) is 5.92 Å². The summed E-state index contributed by atoms with van der Waals surface area (Å²) in [6.07, 6.45) is 2.01. The Morgan fingerprint density at radius 3 is 2.84 bits per heavy atom. The van der Waals surface area contributed by atoms with Gasteiger partial charge in [-0.25, -0.2) is 0 Å². The number of carbonyl (C=O) groups excluding carboxylic acids is 1. The number of carbonyl (C=O) groups is 1. The fourth-order valence-electron chi connectivity index (χ4n) is 2.45. The summed E-state index contributed by atoms with van der Waals surface area (Å²) in [6.45, 7) is 2.48. The minimum absolute atomic E-state index is 0.144. The van der Waals surface area contributed by atoms with Crippen LogP contribution in [0, 0.1) is 17.2 Å². The molecule has 0 bridgehead atoms. The monoisotopic (exact) mass is 373 g/mol. The third kappa shape index (κ3) is 4.94. The lowest BCUT2D eigenvalue weighted by Crippen LogP contribution is -2.47. The van der Waals surface area contributed by atoms with Crippen molar-refractivity contribution in [2.45, 2.75) is 36.2 Å². The van der Waals surface area contributed by atoms with Crippen molar-refractivity contribution in [2.75, 3.05) is 11.1 Å². The molecule has 1 aromatic carbocycles. The maximum absolute atomic E-state index is 12.1. The second-order valence-electron chi connectivity index (χ2n) is 6.14. The van der Waals surface area contributed by atoms with Gasteiger partial charge >= 0.3 is 0 Å². The number of nitrogens with zero attached hydrogens (tertiary/aromatic N) is 3. The van der Waals surface area contributed by atoms with Gasteiger partial charge in [0.2, 0.25) is 11.0 Å². The summed E-state index contributed by atoms with van der Waals surface area (Å²) < 4.78 is 0.732. The Morgan fingerprint density at radius 2 is 2.16 bits per heavy atom. The Morgan fingerprint density at radius 1 is 1.40 bits per heavy atom. The highest BCUT2D eigenvalue weighted by Crippen LogP contribution is 2.39. The van der Waals surface area contributed by atoms with Crippen molar-refractivity contribution in [1.29, 1.82) is 5.26 Å². The van der Waals surface area contributed by atoms with Gasteiger partial charge in [-0.2, -0.15) is 5.26 Å². The first-order valence-electron chi connectivity index (χ1n) is 8.05. The smallest absolute Gasteiger partial charge is 0.231 e. The summed E-state index contributed by atoms with van der Waals surface area (Å²) >= 11 is 2.76. The van der Waals surface area contributed by atoms with Crippen LogP contribution in [-0.2, 0) is 11.3 Å². The molecule has 6 nitrogen and oxygen atoms in total. The van der Waals surface area contributed by atoms with Gasteiger partial charge in [-0.3, -0.25) is 4.79 Å². The van der Waals surface area contributed by atoms with Crippen LogP contribution in [0.5, 0.6) is 0 Å². The van der Waals surface area contributed by atoms with E-state index in [1.165, 1.54) is 28.7 Å². The van der Waals surface area contributed by atoms with Crippen LogP contribution < -0.4 is 10.6 Å². The zero-order valence-electron chi connectivity index (χ0n) is 13.9. The van der Waals surface area contributed by atoms with Gasteiger partial charge in [0.25, 0.3) is 0 Å². The van der Waals surface area contributed by atoms with Crippen LogP contribution in [0.25, 0.3) is 0 Å². The van der Waals surface area contributed by atoms with Crippen LogP contribution in [0.3, 0.4) is 0 Å². The molecule has 1 aliphatic carbocycles. The summed E-state index contributed by atoms with van der Waals surface area (Å²) in [5.41, 5.74) is 0.420. The number of hydrogen-bond donors (Lipinski definition) is 2. The predicted octanol–water partition coefficient (Wildman–Crippen LogP) is 3.05. The summed E-state index contributed by atoms with van der Waals surface area (Å²) in [5, 5.41) is 24.3. The van der Waals surface area contributed by atoms with Gasteiger partial charge in [0.1, 0.15) is 5.54 Å². The second-order valence-corrected chi connectivity index (χ2v) is 8.34. The molecule has 1 aliphatic rings. The molecule has 1 heterocycles. The molecule has 0 aliphatic heterocycles. The van der Waals surface area contributed by atoms with Crippen molar-refractivity contribution in [3.63, 3.8) is 0 Å². The first kappa shape index (κ1) is 17.7. The number of nitrogens with one attached hydrogen (secondary N) is 2. The minimum atomic E-state index is -0.749. The van der Waals surface area contributed by atoms with Gasteiger partial charge in [-0.05, 0) is 31.2 Å². The van der Waals surface area contributed by atoms with Crippen LogP contribution in [0.4, 0.5) is 5.13 Å². The van der Waals surface area contributed by atoms with E-state index in [4.69, 9.17) is 0 Å². The van der Waals surface area contributed by atoms with E-state index in [1.54, 1.807) is 6.92 Å². The summed E-state index contributed by atoms with van der Waals surface area (Å²) in [7, 11) is 0. The molecular formula is C17H19N5OS2. The highest BCUT2D eigenvalue weighted by atomic mass is 32.2. The largest absolute Gasteiger partial charge is 0.356 e. The molecule has 0 saturated heterocycles. The van der Waals surface area contributed by atoms with E-state index in [0.717, 1.165) is 22.3 Å².